The van der Waals surface area contributed by atoms with Crippen molar-refractivity contribution >= 4 is 23.2 Å². The number of rotatable bonds is 5. The number of para-hydroxylation sites is 1. The molecule has 0 spiro atoms. The lowest BCUT2D eigenvalue weighted by Gasteiger charge is -2.14. The molecule has 21 heavy (non-hydrogen) atoms. The number of benzene rings is 1. The Hall–Kier alpha value is -2.64. The number of nitrogen functional groups attached to an aromatic ring is 1. The topological polar surface area (TPSA) is 127 Å². The Kier molecular flexibility index (Phi) is 4.06. The molecule has 1 atom stereocenters. The Morgan fingerprint density at radius 1 is 1.43 bits per heavy atom. The molecular weight excluding hydrogens is 276 g/mol. The number of nitrogens with zero attached hydrogens (tertiary/aromatic N) is 1. The van der Waals surface area contributed by atoms with E-state index in [-0.39, 0.29) is 28.9 Å². The van der Waals surface area contributed by atoms with Gasteiger partial charge in [-0.25, -0.2) is 0 Å². The van der Waals surface area contributed by atoms with Crippen molar-refractivity contribution in [1.82, 2.24) is 10.6 Å². The van der Waals surface area contributed by atoms with Gasteiger partial charge in [0.05, 0.1) is 10.5 Å². The van der Waals surface area contributed by atoms with E-state index < -0.39 is 16.9 Å². The summed E-state index contributed by atoms with van der Waals surface area (Å²) >= 11 is 0. The average molecular weight is 292 g/mol. The second kappa shape index (κ2) is 5.78. The normalized spacial score (nSPS) is 15.1. The number of hydrogen-bond acceptors (Lipinski definition) is 5. The summed E-state index contributed by atoms with van der Waals surface area (Å²) in [7, 11) is 0. The molecule has 0 aliphatic heterocycles. The molecule has 112 valence electrons. The Labute approximate surface area is 120 Å². The maximum Gasteiger partial charge on any atom is 0.292 e. The zero-order valence-corrected chi connectivity index (χ0v) is 11.5. The molecule has 1 aromatic carbocycles. The van der Waals surface area contributed by atoms with E-state index in [1.165, 1.54) is 18.2 Å². The van der Waals surface area contributed by atoms with Crippen LogP contribution in [0.5, 0.6) is 0 Å². The minimum atomic E-state index is -0.739. The van der Waals surface area contributed by atoms with Gasteiger partial charge in [0, 0.05) is 12.1 Å². The molecule has 2 amide bonds. The van der Waals surface area contributed by atoms with Gasteiger partial charge in [0.15, 0.2) is 0 Å². The first-order chi connectivity index (χ1) is 9.90. The van der Waals surface area contributed by atoms with Crippen LogP contribution < -0.4 is 16.4 Å². The molecule has 0 heterocycles. The van der Waals surface area contributed by atoms with Crippen molar-refractivity contribution < 1.29 is 14.5 Å². The minimum absolute atomic E-state index is 0.0183. The molecule has 2 rings (SSSR count). The van der Waals surface area contributed by atoms with Crippen molar-refractivity contribution in [3.05, 3.63) is 33.9 Å². The van der Waals surface area contributed by atoms with E-state index in [1.807, 2.05) is 0 Å². The zero-order chi connectivity index (χ0) is 15.6. The summed E-state index contributed by atoms with van der Waals surface area (Å²) in [5.74, 6) is -0.899. The Morgan fingerprint density at radius 2 is 2.10 bits per heavy atom. The number of anilines is 1. The van der Waals surface area contributed by atoms with Crippen LogP contribution >= 0.6 is 0 Å². The first-order valence-electron chi connectivity index (χ1n) is 6.54. The van der Waals surface area contributed by atoms with Gasteiger partial charge in [-0.05, 0) is 25.8 Å². The second-order valence-corrected chi connectivity index (χ2v) is 4.97. The van der Waals surface area contributed by atoms with E-state index in [9.17, 15) is 19.7 Å². The Bertz CT molecular complexity index is 598. The summed E-state index contributed by atoms with van der Waals surface area (Å²) in [5, 5.41) is 16.0. The lowest BCUT2D eigenvalue weighted by molar-refractivity contribution is -0.383. The monoisotopic (exact) mass is 292 g/mol. The van der Waals surface area contributed by atoms with Gasteiger partial charge < -0.3 is 16.4 Å². The van der Waals surface area contributed by atoms with Crippen LogP contribution in [0.25, 0.3) is 0 Å². The summed E-state index contributed by atoms with van der Waals surface area (Å²) in [6, 6.07) is 3.42. The number of nitrogens with two attached hydrogens (primary N) is 1. The van der Waals surface area contributed by atoms with Gasteiger partial charge in [-0.1, -0.05) is 6.07 Å². The number of carbonyl (C=O) groups is 2. The summed E-state index contributed by atoms with van der Waals surface area (Å²) < 4.78 is 0. The van der Waals surface area contributed by atoms with Crippen molar-refractivity contribution in [3.63, 3.8) is 0 Å². The van der Waals surface area contributed by atoms with E-state index in [2.05, 4.69) is 10.6 Å². The molecule has 1 fully saturated rings. The molecule has 0 radical (unpaired) electrons. The van der Waals surface area contributed by atoms with E-state index in [0.717, 1.165) is 12.8 Å². The predicted molar refractivity (Wildman–Crippen MR) is 75.6 cm³/mol. The van der Waals surface area contributed by atoms with Gasteiger partial charge in [0.2, 0.25) is 5.91 Å². The average Bonchev–Trinajstić information content (AvgIpc) is 3.22. The van der Waals surface area contributed by atoms with E-state index in [0.29, 0.717) is 0 Å². The first-order valence-corrected chi connectivity index (χ1v) is 6.54. The molecule has 1 unspecified atom stereocenters. The summed E-state index contributed by atoms with van der Waals surface area (Å²) in [6.45, 7) is 1.54. The van der Waals surface area contributed by atoms with Crippen LogP contribution in [0, 0.1) is 10.1 Å². The molecule has 8 nitrogen and oxygen atoms in total. The fourth-order valence-corrected chi connectivity index (χ4v) is 1.80. The lowest BCUT2D eigenvalue weighted by Crippen LogP contribution is -2.45. The van der Waals surface area contributed by atoms with Gasteiger partial charge >= 0.3 is 0 Å². The molecule has 1 aliphatic carbocycles. The largest absolute Gasteiger partial charge is 0.393 e. The van der Waals surface area contributed by atoms with Crippen LogP contribution in [-0.4, -0.2) is 28.8 Å². The number of nitrogens with one attached hydrogen (secondary N) is 2. The van der Waals surface area contributed by atoms with Crippen LogP contribution in [0.2, 0.25) is 0 Å². The quantitative estimate of drug-likeness (QED) is 0.415. The number of nitro benzene ring substituents is 1. The molecule has 0 aromatic heterocycles. The minimum Gasteiger partial charge on any atom is -0.393 e. The van der Waals surface area contributed by atoms with Crippen LogP contribution in [-0.2, 0) is 4.79 Å². The standard InChI is InChI=1S/C13H16N4O4/c1-7(12(18)16-8-5-6-8)15-13(19)9-3-2-4-10(11(9)14)17(20)21/h2-4,7-8H,5-6,14H2,1H3,(H,15,19)(H,16,18). The third-order valence-corrected chi connectivity index (χ3v) is 3.19. The molecule has 0 saturated heterocycles. The molecule has 0 bridgehead atoms. The molecule has 8 heteroatoms. The molecule has 1 saturated carbocycles. The fraction of sp³-hybridized carbons (Fsp3) is 0.385. The lowest BCUT2D eigenvalue weighted by atomic mass is 10.1. The third kappa shape index (κ3) is 3.47. The van der Waals surface area contributed by atoms with Gasteiger partial charge in [0.1, 0.15) is 11.7 Å². The smallest absolute Gasteiger partial charge is 0.292 e. The molecule has 1 aliphatic rings. The van der Waals surface area contributed by atoms with Crippen LogP contribution in [0.4, 0.5) is 11.4 Å². The zero-order valence-electron chi connectivity index (χ0n) is 11.5. The highest BCUT2D eigenvalue weighted by Gasteiger charge is 2.27. The maximum atomic E-state index is 12.1. The van der Waals surface area contributed by atoms with Gasteiger partial charge in [0.25, 0.3) is 11.6 Å². The van der Waals surface area contributed by atoms with Crippen molar-refractivity contribution in [1.29, 1.82) is 0 Å². The third-order valence-electron chi connectivity index (χ3n) is 3.19. The maximum absolute atomic E-state index is 12.1. The SMILES string of the molecule is CC(NC(=O)c1cccc([N+](=O)[O-])c1N)C(=O)NC1CC1. The Balaban J connectivity index is 2.07. The van der Waals surface area contributed by atoms with Gasteiger partial charge in [-0.3, -0.25) is 19.7 Å². The summed E-state index contributed by atoms with van der Waals surface area (Å²) in [6.07, 6.45) is 1.90. The number of nitro groups is 1. The summed E-state index contributed by atoms with van der Waals surface area (Å²) in [4.78, 5) is 33.9. The van der Waals surface area contributed by atoms with Crippen molar-refractivity contribution in [2.24, 2.45) is 0 Å². The highest BCUT2D eigenvalue weighted by molar-refractivity contribution is 6.02. The van der Waals surface area contributed by atoms with Crippen molar-refractivity contribution in [2.45, 2.75) is 31.8 Å². The van der Waals surface area contributed by atoms with Gasteiger partial charge in [-0.2, -0.15) is 0 Å². The van der Waals surface area contributed by atoms with E-state index in [4.69, 9.17) is 5.73 Å². The first kappa shape index (κ1) is 14.8. The number of carbonyl (C=O) groups excluding carboxylic acids is 2. The second-order valence-electron chi connectivity index (χ2n) is 4.97. The van der Waals surface area contributed by atoms with E-state index >= 15 is 0 Å². The predicted octanol–water partition coefficient (Wildman–Crippen LogP) is 0.574. The highest BCUT2D eigenvalue weighted by atomic mass is 16.6. The fourth-order valence-electron chi connectivity index (χ4n) is 1.80. The summed E-state index contributed by atoms with van der Waals surface area (Å²) in [5.41, 5.74) is 5.06. The molecule has 1 aromatic rings. The number of hydrogen-bond donors (Lipinski definition) is 3. The van der Waals surface area contributed by atoms with E-state index in [1.54, 1.807) is 6.92 Å². The van der Waals surface area contributed by atoms with Crippen LogP contribution in [0.1, 0.15) is 30.1 Å². The van der Waals surface area contributed by atoms with Crippen molar-refractivity contribution in [2.75, 3.05) is 5.73 Å². The van der Waals surface area contributed by atoms with Crippen LogP contribution in [0.15, 0.2) is 18.2 Å². The van der Waals surface area contributed by atoms with Crippen molar-refractivity contribution in [3.8, 4) is 0 Å². The van der Waals surface area contributed by atoms with Crippen LogP contribution in [0.3, 0.4) is 0 Å². The number of amides is 2. The molecule has 4 N–H and O–H groups in total. The van der Waals surface area contributed by atoms with Gasteiger partial charge in [-0.15, -0.1) is 0 Å². The highest BCUT2D eigenvalue weighted by Crippen LogP contribution is 2.24. The molecular formula is C13H16N4O4. The Morgan fingerprint density at radius 3 is 2.67 bits per heavy atom.